The summed E-state index contributed by atoms with van der Waals surface area (Å²) in [5, 5.41) is -0.530. The number of hydrogen-bond donors (Lipinski definition) is 0. The summed E-state index contributed by atoms with van der Waals surface area (Å²) < 4.78 is 10.6. The summed E-state index contributed by atoms with van der Waals surface area (Å²) in [6, 6.07) is 0. The predicted octanol–water partition coefficient (Wildman–Crippen LogP) is 6.81. The normalized spacial score (nSPS) is 13.8. The molecule has 0 saturated heterocycles. The first-order valence-corrected chi connectivity index (χ1v) is 9.88. The van der Waals surface area contributed by atoms with E-state index in [-0.39, 0.29) is 5.41 Å². The molecule has 0 aromatic carbocycles. The summed E-state index contributed by atoms with van der Waals surface area (Å²) in [6.45, 7) is 12.6. The molecule has 0 aliphatic rings. The molecule has 0 bridgehead atoms. The average Bonchev–Trinajstić information content (AvgIpc) is 2.51. The van der Waals surface area contributed by atoms with Gasteiger partial charge in [0.2, 0.25) is 0 Å². The quantitative estimate of drug-likeness (QED) is 0.232. The highest BCUT2D eigenvalue weighted by Crippen LogP contribution is 2.34. The van der Waals surface area contributed by atoms with Crippen molar-refractivity contribution in [2.24, 2.45) is 5.41 Å². The summed E-state index contributed by atoms with van der Waals surface area (Å²) in [7, 11) is 0.404. The molecule has 0 fully saturated rings. The molecular weight excluding hydrogens is 319 g/mol. The fourth-order valence-electron chi connectivity index (χ4n) is 1.56. The van der Waals surface area contributed by atoms with E-state index >= 15 is 0 Å². The minimum Gasteiger partial charge on any atom is -0.434 e. The zero-order valence-corrected chi connectivity index (χ0v) is 17.2. The third-order valence-electron chi connectivity index (χ3n) is 3.54. The first kappa shape index (κ1) is 22.9. The Morgan fingerprint density at radius 1 is 0.958 bits per heavy atom. The molecule has 0 amide bonds. The van der Waals surface area contributed by atoms with Crippen LogP contribution in [0.25, 0.3) is 0 Å². The molecule has 138 valence electrons. The molecule has 3 nitrogen and oxygen atoms in total. The average molecular weight is 354 g/mol. The van der Waals surface area contributed by atoms with E-state index in [1.54, 1.807) is 0 Å². The van der Waals surface area contributed by atoms with Crippen LogP contribution in [0.1, 0.15) is 67.2 Å². The minimum atomic E-state index is -0.579. The second-order valence-electron chi connectivity index (χ2n) is 7.04. The second kappa shape index (κ2) is 12.3. The summed E-state index contributed by atoms with van der Waals surface area (Å²) in [5.41, 5.74) is -0.00992. The lowest BCUT2D eigenvalue weighted by atomic mass is 9.92. The Hall–Kier alpha value is -1.08. The Bertz CT molecular complexity index is 434. The van der Waals surface area contributed by atoms with Gasteiger partial charge in [0, 0.05) is 0 Å². The highest BCUT2D eigenvalue weighted by atomic mass is 31.1. The number of carbonyl (C=O) groups excluding carboxylic acids is 1. The van der Waals surface area contributed by atoms with Gasteiger partial charge < -0.3 is 9.47 Å². The lowest BCUT2D eigenvalue weighted by molar-refractivity contribution is 0.00227. The highest BCUT2D eigenvalue weighted by molar-refractivity contribution is 7.43. The molecule has 0 N–H and O–H groups in total. The zero-order valence-electron chi connectivity index (χ0n) is 16.2. The molecule has 24 heavy (non-hydrogen) atoms. The topological polar surface area (TPSA) is 35.5 Å². The van der Waals surface area contributed by atoms with E-state index in [0.717, 1.165) is 25.7 Å². The molecular formula is C20H35O3P. The third kappa shape index (κ3) is 13.4. The smallest absolute Gasteiger partial charge is 0.434 e. The van der Waals surface area contributed by atoms with E-state index in [1.807, 2.05) is 13.8 Å². The number of allylic oxidation sites excluding steroid dienone is 5. The zero-order chi connectivity index (χ0) is 18.5. The van der Waals surface area contributed by atoms with Crippen LogP contribution in [-0.2, 0) is 9.47 Å². The van der Waals surface area contributed by atoms with E-state index in [9.17, 15) is 4.79 Å². The number of ether oxygens (including phenoxy) is 2. The Balaban J connectivity index is 4.05. The maximum absolute atomic E-state index is 11.8. The second-order valence-corrected chi connectivity index (χ2v) is 8.86. The van der Waals surface area contributed by atoms with Crippen molar-refractivity contribution in [3.63, 3.8) is 0 Å². The van der Waals surface area contributed by atoms with Crippen molar-refractivity contribution in [2.75, 3.05) is 6.61 Å². The van der Waals surface area contributed by atoms with E-state index in [2.05, 4.69) is 63.9 Å². The molecule has 0 aromatic rings. The lowest BCUT2D eigenvalue weighted by Gasteiger charge is -2.26. The van der Waals surface area contributed by atoms with Crippen molar-refractivity contribution >= 4 is 14.7 Å². The van der Waals surface area contributed by atoms with Crippen LogP contribution in [-0.4, -0.2) is 18.1 Å². The van der Waals surface area contributed by atoms with Crippen molar-refractivity contribution in [1.29, 1.82) is 0 Å². The first-order valence-electron chi connectivity index (χ1n) is 8.81. The molecule has 0 aliphatic heterocycles. The van der Waals surface area contributed by atoms with Gasteiger partial charge >= 0.3 is 6.16 Å². The Morgan fingerprint density at radius 2 is 1.54 bits per heavy atom. The van der Waals surface area contributed by atoms with Crippen LogP contribution in [0.3, 0.4) is 0 Å². The van der Waals surface area contributed by atoms with E-state index in [0.29, 0.717) is 15.2 Å². The summed E-state index contributed by atoms with van der Waals surface area (Å²) in [6.07, 6.45) is 14.1. The molecule has 1 unspecified atom stereocenters. The SMILES string of the molecule is CC/C=C\C/C=C\C/C=C\PC(C)(C)OC(=O)OCC(C)(C)CC. The van der Waals surface area contributed by atoms with E-state index in [1.165, 1.54) is 0 Å². The van der Waals surface area contributed by atoms with Gasteiger partial charge in [0.15, 0.2) is 0 Å². The van der Waals surface area contributed by atoms with Gasteiger partial charge in [0.25, 0.3) is 0 Å². The monoisotopic (exact) mass is 354 g/mol. The molecule has 0 aromatic heterocycles. The molecule has 0 radical (unpaired) electrons. The van der Waals surface area contributed by atoms with Gasteiger partial charge in [-0.25, -0.2) is 4.79 Å². The van der Waals surface area contributed by atoms with Gasteiger partial charge in [-0.1, -0.05) is 72.5 Å². The van der Waals surface area contributed by atoms with Crippen LogP contribution < -0.4 is 0 Å². The molecule has 0 saturated carbocycles. The van der Waals surface area contributed by atoms with Crippen molar-refractivity contribution in [1.82, 2.24) is 0 Å². The number of rotatable bonds is 11. The van der Waals surface area contributed by atoms with E-state index < -0.39 is 11.5 Å². The van der Waals surface area contributed by atoms with Gasteiger partial charge in [-0.3, -0.25) is 0 Å². The highest BCUT2D eigenvalue weighted by Gasteiger charge is 2.24. The van der Waals surface area contributed by atoms with Crippen molar-refractivity contribution in [3.05, 3.63) is 36.2 Å². The predicted molar refractivity (Wildman–Crippen MR) is 106 cm³/mol. The molecule has 4 heteroatoms. The number of carbonyl (C=O) groups is 1. The van der Waals surface area contributed by atoms with Gasteiger partial charge in [0.1, 0.15) is 11.9 Å². The fourth-order valence-corrected chi connectivity index (χ4v) is 2.36. The van der Waals surface area contributed by atoms with Crippen LogP contribution in [0.5, 0.6) is 0 Å². The molecule has 1 atom stereocenters. The summed E-state index contributed by atoms with van der Waals surface area (Å²) >= 11 is 0. The van der Waals surface area contributed by atoms with Gasteiger partial charge in [0.05, 0.1) is 0 Å². The molecule has 0 aliphatic carbocycles. The van der Waals surface area contributed by atoms with E-state index in [4.69, 9.17) is 9.47 Å². The van der Waals surface area contributed by atoms with Gasteiger partial charge in [-0.05, 0) is 44.9 Å². The van der Waals surface area contributed by atoms with Crippen molar-refractivity contribution < 1.29 is 14.3 Å². The first-order chi connectivity index (χ1) is 11.2. The minimum absolute atomic E-state index is 0.00992. The lowest BCUT2D eigenvalue weighted by Crippen LogP contribution is -2.27. The van der Waals surface area contributed by atoms with Crippen molar-refractivity contribution in [2.45, 2.75) is 72.6 Å². The third-order valence-corrected chi connectivity index (χ3v) is 4.74. The standard InChI is InChI=1S/C20H35O3P/c1-7-9-10-11-12-13-14-15-16-24-20(5,6)23-18(21)22-17-19(3,4)8-2/h9-10,12-13,15-16,24H,7-8,11,14,17H2,1-6H3/b10-9-,13-12-,16-15-. The molecule has 0 spiro atoms. The Labute approximate surface area is 150 Å². The molecule has 0 rings (SSSR count). The molecule has 0 heterocycles. The summed E-state index contributed by atoms with van der Waals surface area (Å²) in [5.74, 6) is 2.08. The van der Waals surface area contributed by atoms with Crippen molar-refractivity contribution in [3.8, 4) is 0 Å². The van der Waals surface area contributed by atoms with Crippen LogP contribution in [0, 0.1) is 5.41 Å². The van der Waals surface area contributed by atoms with Crippen LogP contribution in [0.4, 0.5) is 4.79 Å². The summed E-state index contributed by atoms with van der Waals surface area (Å²) in [4.78, 5) is 11.8. The van der Waals surface area contributed by atoms with Crippen LogP contribution >= 0.6 is 8.58 Å². The van der Waals surface area contributed by atoms with Gasteiger partial charge in [-0.15, -0.1) is 0 Å². The maximum Gasteiger partial charge on any atom is 0.509 e. The Kier molecular flexibility index (Phi) is 11.8. The largest absolute Gasteiger partial charge is 0.509 e. The Morgan fingerprint density at radius 3 is 2.12 bits per heavy atom. The van der Waals surface area contributed by atoms with Gasteiger partial charge in [-0.2, -0.15) is 0 Å². The fraction of sp³-hybridized carbons (Fsp3) is 0.650. The van der Waals surface area contributed by atoms with Crippen LogP contribution in [0.2, 0.25) is 0 Å². The van der Waals surface area contributed by atoms with Crippen LogP contribution in [0.15, 0.2) is 36.2 Å². The maximum atomic E-state index is 11.8. The number of hydrogen-bond acceptors (Lipinski definition) is 3.